The van der Waals surface area contributed by atoms with E-state index >= 15 is 0 Å². The van der Waals surface area contributed by atoms with Crippen LogP contribution < -0.4 is 0 Å². The van der Waals surface area contributed by atoms with Gasteiger partial charge in [0.15, 0.2) is 6.10 Å². The molecule has 0 radical (unpaired) electrons. The van der Waals surface area contributed by atoms with Gasteiger partial charge in [-0.1, -0.05) is 74.6 Å². The largest absolute Gasteiger partial charge is 0.464 e. The van der Waals surface area contributed by atoms with E-state index in [2.05, 4.69) is 61.6 Å². The van der Waals surface area contributed by atoms with Gasteiger partial charge in [0.25, 0.3) is 0 Å². The Kier molecular flexibility index (Phi) is 7.65. The van der Waals surface area contributed by atoms with Gasteiger partial charge in [0.2, 0.25) is 0 Å². The van der Waals surface area contributed by atoms with Gasteiger partial charge in [0, 0.05) is 23.9 Å². The summed E-state index contributed by atoms with van der Waals surface area (Å²) in [5, 5.41) is 0. The molecule has 26 heavy (non-hydrogen) atoms. The summed E-state index contributed by atoms with van der Waals surface area (Å²) in [6.45, 7) is 7.03. The van der Waals surface area contributed by atoms with E-state index in [1.165, 1.54) is 0 Å². The van der Waals surface area contributed by atoms with Gasteiger partial charge in [-0.05, 0) is 26.2 Å². The van der Waals surface area contributed by atoms with Gasteiger partial charge in [-0.2, -0.15) is 0 Å². The maximum Gasteiger partial charge on any atom is 0.335 e. The molecule has 0 aromatic carbocycles. The van der Waals surface area contributed by atoms with E-state index in [-0.39, 0.29) is 16.8 Å². The highest BCUT2D eigenvalue weighted by molar-refractivity contribution is 5.74. The third kappa shape index (κ3) is 5.84. The molecule has 0 saturated heterocycles. The maximum absolute atomic E-state index is 12.0. The van der Waals surface area contributed by atoms with E-state index in [0.29, 0.717) is 19.6 Å². The second-order valence-electron chi connectivity index (χ2n) is 7.24. The Morgan fingerprint density at radius 1 is 1.08 bits per heavy atom. The number of hydrogen-bond acceptors (Lipinski definition) is 3. The van der Waals surface area contributed by atoms with Crippen molar-refractivity contribution < 1.29 is 14.3 Å². The summed E-state index contributed by atoms with van der Waals surface area (Å²) >= 11 is 0. The van der Waals surface area contributed by atoms with E-state index in [0.717, 1.165) is 19.3 Å². The van der Waals surface area contributed by atoms with E-state index in [4.69, 9.17) is 9.47 Å². The first-order valence-corrected chi connectivity index (χ1v) is 9.72. The monoisotopic (exact) mass is 356 g/mol. The van der Waals surface area contributed by atoms with E-state index in [1.807, 2.05) is 19.9 Å². The smallest absolute Gasteiger partial charge is 0.335 e. The van der Waals surface area contributed by atoms with Gasteiger partial charge in [-0.15, -0.1) is 0 Å². The van der Waals surface area contributed by atoms with Crippen molar-refractivity contribution in [3.63, 3.8) is 0 Å². The Labute approximate surface area is 158 Å². The average molecular weight is 357 g/mol. The number of carbonyl (C=O) groups excluding carboxylic acids is 1. The van der Waals surface area contributed by atoms with Crippen molar-refractivity contribution in [2.24, 2.45) is 10.8 Å². The van der Waals surface area contributed by atoms with Gasteiger partial charge < -0.3 is 9.47 Å². The molecule has 1 atom stereocenters. The predicted molar refractivity (Wildman–Crippen MR) is 107 cm³/mol. The highest BCUT2D eigenvalue weighted by Gasteiger charge is 2.27. The molecule has 0 fully saturated rings. The molecule has 0 heterocycles. The van der Waals surface area contributed by atoms with Crippen molar-refractivity contribution in [3.05, 3.63) is 60.8 Å². The number of ether oxygens (including phenoxy) is 2. The molecule has 2 rings (SSSR count). The zero-order valence-corrected chi connectivity index (χ0v) is 16.3. The second-order valence-corrected chi connectivity index (χ2v) is 7.24. The summed E-state index contributed by atoms with van der Waals surface area (Å²) in [6.07, 6.45) is 25.1. The third-order valence-corrected chi connectivity index (χ3v) is 4.74. The fraction of sp³-hybridized carbons (Fsp3) is 0.522. The Morgan fingerprint density at radius 3 is 2.38 bits per heavy atom. The molecule has 1 unspecified atom stereocenters. The Balaban J connectivity index is 1.88. The van der Waals surface area contributed by atoms with Crippen LogP contribution in [0.4, 0.5) is 0 Å². The number of allylic oxidation sites excluding steroid dienone is 9. The van der Waals surface area contributed by atoms with E-state index in [9.17, 15) is 4.79 Å². The molecule has 3 nitrogen and oxygen atoms in total. The molecule has 2 aliphatic carbocycles. The molecule has 0 aliphatic heterocycles. The molecule has 0 amide bonds. The molecule has 3 heteroatoms. The topological polar surface area (TPSA) is 35.5 Å². The molecule has 0 saturated carbocycles. The van der Waals surface area contributed by atoms with Gasteiger partial charge >= 0.3 is 5.97 Å². The van der Waals surface area contributed by atoms with Crippen molar-refractivity contribution in [2.45, 2.75) is 52.6 Å². The van der Waals surface area contributed by atoms with Gasteiger partial charge in [-0.25, -0.2) is 4.79 Å². The lowest BCUT2D eigenvalue weighted by molar-refractivity contribution is -0.156. The van der Waals surface area contributed by atoms with Crippen LogP contribution >= 0.6 is 0 Å². The summed E-state index contributed by atoms with van der Waals surface area (Å²) in [4.78, 5) is 12.0. The zero-order chi connectivity index (χ0) is 18.9. The highest BCUT2D eigenvalue weighted by atomic mass is 16.6. The summed E-state index contributed by atoms with van der Waals surface area (Å²) in [5.41, 5.74) is -0.0327. The van der Waals surface area contributed by atoms with Crippen LogP contribution in [0.1, 0.15) is 46.5 Å². The van der Waals surface area contributed by atoms with Crippen molar-refractivity contribution in [3.8, 4) is 0 Å². The number of esters is 1. The molecular weight excluding hydrogens is 324 g/mol. The molecular formula is C23H32O3. The Bertz CT molecular complexity index is 579. The second kappa shape index (κ2) is 9.72. The van der Waals surface area contributed by atoms with Gasteiger partial charge in [0.1, 0.15) is 0 Å². The normalized spacial score (nSPS) is 20.7. The fourth-order valence-corrected chi connectivity index (χ4v) is 3.10. The lowest BCUT2D eigenvalue weighted by Gasteiger charge is -2.31. The zero-order valence-electron chi connectivity index (χ0n) is 16.3. The summed E-state index contributed by atoms with van der Waals surface area (Å²) in [6, 6.07) is 0. The third-order valence-electron chi connectivity index (χ3n) is 4.74. The first-order chi connectivity index (χ1) is 12.5. The number of hydrogen-bond donors (Lipinski definition) is 0. The minimum Gasteiger partial charge on any atom is -0.464 e. The molecule has 142 valence electrons. The molecule has 1 spiro atoms. The SMILES string of the molecule is CCCOC(C/C=C/CC1(C)C=CC2(C=CCC=C2)C=C1)C(=O)OCC. The minimum atomic E-state index is -0.503. The van der Waals surface area contributed by atoms with Crippen LogP contribution in [0.25, 0.3) is 0 Å². The Hall–Kier alpha value is -1.87. The van der Waals surface area contributed by atoms with Crippen molar-refractivity contribution in [1.29, 1.82) is 0 Å². The van der Waals surface area contributed by atoms with Gasteiger partial charge in [-0.3, -0.25) is 0 Å². The van der Waals surface area contributed by atoms with Crippen LogP contribution in [-0.2, 0) is 14.3 Å². The number of carbonyl (C=O) groups is 1. The quantitative estimate of drug-likeness (QED) is 0.414. The van der Waals surface area contributed by atoms with Crippen LogP contribution in [0.5, 0.6) is 0 Å². The number of rotatable bonds is 9. The molecule has 0 aromatic rings. The first kappa shape index (κ1) is 20.4. The van der Waals surface area contributed by atoms with Crippen molar-refractivity contribution >= 4 is 5.97 Å². The summed E-state index contributed by atoms with van der Waals surface area (Å²) in [5.74, 6) is -0.271. The van der Waals surface area contributed by atoms with E-state index < -0.39 is 6.10 Å². The van der Waals surface area contributed by atoms with E-state index in [1.54, 1.807) is 0 Å². The lowest BCUT2D eigenvalue weighted by atomic mass is 9.73. The molecule has 0 bridgehead atoms. The Morgan fingerprint density at radius 2 is 1.77 bits per heavy atom. The lowest BCUT2D eigenvalue weighted by Crippen LogP contribution is -2.26. The maximum atomic E-state index is 12.0. The molecule has 0 aromatic heterocycles. The minimum absolute atomic E-state index is 0.00454. The molecule has 2 aliphatic rings. The van der Waals surface area contributed by atoms with Crippen LogP contribution in [0.15, 0.2) is 60.8 Å². The van der Waals surface area contributed by atoms with Crippen molar-refractivity contribution in [1.82, 2.24) is 0 Å². The van der Waals surface area contributed by atoms with Crippen LogP contribution in [-0.4, -0.2) is 25.3 Å². The summed E-state index contributed by atoms with van der Waals surface area (Å²) in [7, 11) is 0. The highest BCUT2D eigenvalue weighted by Crippen LogP contribution is 2.39. The predicted octanol–water partition coefficient (Wildman–Crippen LogP) is 5.32. The summed E-state index contributed by atoms with van der Waals surface area (Å²) < 4.78 is 10.7. The van der Waals surface area contributed by atoms with Gasteiger partial charge in [0.05, 0.1) is 6.61 Å². The first-order valence-electron chi connectivity index (χ1n) is 9.72. The molecule has 0 N–H and O–H groups in total. The van der Waals surface area contributed by atoms with Crippen molar-refractivity contribution in [2.75, 3.05) is 13.2 Å². The van der Waals surface area contributed by atoms with Crippen LogP contribution in [0.3, 0.4) is 0 Å². The average Bonchev–Trinajstić information content (AvgIpc) is 2.65. The standard InChI is InChI=1S/C23H32O3/c1-4-19-26-20(21(24)25-5-2)11-7-10-12-22(3)15-17-23(18-16-22)13-8-6-9-14-23/h7-10,13-18,20H,4-6,11-12,19H2,1-3H3/b10-7+. The van der Waals surface area contributed by atoms with Crippen LogP contribution in [0, 0.1) is 10.8 Å². The van der Waals surface area contributed by atoms with Crippen LogP contribution in [0.2, 0.25) is 0 Å². The fourth-order valence-electron chi connectivity index (χ4n) is 3.10.